The molecule has 1 aliphatic carbocycles. The molecule has 0 amide bonds. The van der Waals surface area contributed by atoms with Gasteiger partial charge in [0, 0.05) is 19.3 Å². The van der Waals surface area contributed by atoms with Crippen molar-refractivity contribution in [3.63, 3.8) is 0 Å². The van der Waals surface area contributed by atoms with Crippen LogP contribution in [0, 0.1) is 5.92 Å². The van der Waals surface area contributed by atoms with Crippen LogP contribution in [0.1, 0.15) is 36.1 Å². The lowest BCUT2D eigenvalue weighted by atomic mass is 9.94. The van der Waals surface area contributed by atoms with Gasteiger partial charge in [-0.3, -0.25) is 4.68 Å². The van der Waals surface area contributed by atoms with Crippen molar-refractivity contribution < 1.29 is 0 Å². The summed E-state index contributed by atoms with van der Waals surface area (Å²) in [5, 5.41) is 7.93. The van der Waals surface area contributed by atoms with Crippen molar-refractivity contribution in [2.45, 2.75) is 32.2 Å². The SMILES string of the molecule is CCNC1c2ccccc2CC1CCc1cnn(C)c1. The normalized spacial score (nSPS) is 21.1. The average Bonchev–Trinajstić information content (AvgIpc) is 3.02. The molecule has 0 aliphatic heterocycles. The number of aromatic nitrogens is 2. The predicted octanol–water partition coefficient (Wildman–Crippen LogP) is 2.88. The standard InChI is InChI=1S/C17H23N3/c1-3-18-17-15(9-8-13-11-19-20(2)12-13)10-14-6-4-5-7-16(14)17/h4-7,11-12,15,17-18H,3,8-10H2,1-2H3. The number of benzene rings is 1. The van der Waals surface area contributed by atoms with Gasteiger partial charge in [0.05, 0.1) is 6.20 Å². The molecule has 2 aromatic rings. The summed E-state index contributed by atoms with van der Waals surface area (Å²) in [6.07, 6.45) is 7.66. The van der Waals surface area contributed by atoms with E-state index in [4.69, 9.17) is 0 Å². The van der Waals surface area contributed by atoms with Crippen LogP contribution in [0.15, 0.2) is 36.7 Å². The highest BCUT2D eigenvalue weighted by molar-refractivity contribution is 5.35. The topological polar surface area (TPSA) is 29.9 Å². The van der Waals surface area contributed by atoms with Crippen LogP contribution in [-0.2, 0) is 19.9 Å². The molecule has 1 aromatic heterocycles. The molecule has 1 heterocycles. The lowest BCUT2D eigenvalue weighted by Gasteiger charge is -2.21. The van der Waals surface area contributed by atoms with E-state index >= 15 is 0 Å². The van der Waals surface area contributed by atoms with Gasteiger partial charge >= 0.3 is 0 Å². The van der Waals surface area contributed by atoms with Crippen LogP contribution in [0.2, 0.25) is 0 Å². The second kappa shape index (κ2) is 5.80. The molecule has 3 nitrogen and oxygen atoms in total. The average molecular weight is 269 g/mol. The molecule has 1 aromatic carbocycles. The Kier molecular flexibility index (Phi) is 3.88. The van der Waals surface area contributed by atoms with Gasteiger partial charge in [0.1, 0.15) is 0 Å². The van der Waals surface area contributed by atoms with Gasteiger partial charge in [-0.25, -0.2) is 0 Å². The first-order valence-corrected chi connectivity index (χ1v) is 7.56. The fourth-order valence-corrected chi connectivity index (χ4v) is 3.40. The number of nitrogens with one attached hydrogen (secondary N) is 1. The smallest absolute Gasteiger partial charge is 0.0521 e. The van der Waals surface area contributed by atoms with E-state index in [-0.39, 0.29) is 0 Å². The van der Waals surface area contributed by atoms with Crippen molar-refractivity contribution in [3.8, 4) is 0 Å². The molecule has 2 unspecified atom stereocenters. The zero-order valence-corrected chi connectivity index (χ0v) is 12.3. The predicted molar refractivity (Wildman–Crippen MR) is 81.6 cm³/mol. The molecule has 0 spiro atoms. The Hall–Kier alpha value is -1.61. The van der Waals surface area contributed by atoms with Crippen LogP contribution >= 0.6 is 0 Å². The molecule has 20 heavy (non-hydrogen) atoms. The number of rotatable bonds is 5. The Balaban J connectivity index is 1.70. The van der Waals surface area contributed by atoms with Crippen LogP contribution in [0.4, 0.5) is 0 Å². The minimum Gasteiger partial charge on any atom is -0.310 e. The molecule has 0 radical (unpaired) electrons. The first-order chi connectivity index (χ1) is 9.78. The zero-order chi connectivity index (χ0) is 13.9. The fraction of sp³-hybridized carbons (Fsp3) is 0.471. The van der Waals surface area contributed by atoms with Crippen molar-refractivity contribution in [1.82, 2.24) is 15.1 Å². The third kappa shape index (κ3) is 2.63. The third-order valence-electron chi connectivity index (χ3n) is 4.33. The number of nitrogens with zero attached hydrogens (tertiary/aromatic N) is 2. The molecule has 1 aliphatic rings. The van der Waals surface area contributed by atoms with Gasteiger partial charge in [-0.05, 0) is 48.4 Å². The van der Waals surface area contributed by atoms with E-state index in [0.29, 0.717) is 12.0 Å². The maximum absolute atomic E-state index is 4.26. The van der Waals surface area contributed by atoms with Crippen molar-refractivity contribution >= 4 is 0 Å². The third-order valence-corrected chi connectivity index (χ3v) is 4.33. The molecule has 3 heteroatoms. The molecule has 2 atom stereocenters. The van der Waals surface area contributed by atoms with E-state index in [1.807, 2.05) is 17.9 Å². The molecule has 0 saturated heterocycles. The van der Waals surface area contributed by atoms with Crippen LogP contribution < -0.4 is 5.32 Å². The van der Waals surface area contributed by atoms with Gasteiger partial charge in [0.25, 0.3) is 0 Å². The van der Waals surface area contributed by atoms with Crippen LogP contribution in [0.25, 0.3) is 0 Å². The summed E-state index contributed by atoms with van der Waals surface area (Å²) in [6, 6.07) is 9.40. The summed E-state index contributed by atoms with van der Waals surface area (Å²) in [5.41, 5.74) is 4.37. The maximum Gasteiger partial charge on any atom is 0.0521 e. The molecule has 106 valence electrons. The van der Waals surface area contributed by atoms with Crippen molar-refractivity contribution in [1.29, 1.82) is 0 Å². The molecular formula is C17H23N3. The Morgan fingerprint density at radius 1 is 1.35 bits per heavy atom. The number of fused-ring (bicyclic) bond motifs is 1. The number of aryl methyl sites for hydroxylation is 2. The quantitative estimate of drug-likeness (QED) is 0.904. The minimum absolute atomic E-state index is 0.521. The first-order valence-electron chi connectivity index (χ1n) is 7.56. The van der Waals surface area contributed by atoms with Crippen molar-refractivity contribution in [3.05, 3.63) is 53.3 Å². The Bertz CT molecular complexity index is 573. The highest BCUT2D eigenvalue weighted by atomic mass is 15.2. The molecule has 0 saturated carbocycles. The van der Waals surface area contributed by atoms with Crippen LogP contribution in [0.5, 0.6) is 0 Å². The second-order valence-corrected chi connectivity index (χ2v) is 5.76. The molecule has 0 bridgehead atoms. The minimum atomic E-state index is 0.521. The van der Waals surface area contributed by atoms with E-state index in [1.54, 1.807) is 0 Å². The summed E-state index contributed by atoms with van der Waals surface area (Å²) in [5.74, 6) is 0.701. The van der Waals surface area contributed by atoms with Gasteiger partial charge in [-0.2, -0.15) is 5.10 Å². The highest BCUT2D eigenvalue weighted by Crippen LogP contribution is 2.38. The number of hydrogen-bond acceptors (Lipinski definition) is 2. The molecule has 0 fully saturated rings. The first kappa shape index (κ1) is 13.4. The molecule has 3 rings (SSSR count). The van der Waals surface area contributed by atoms with E-state index in [1.165, 1.54) is 29.5 Å². The lowest BCUT2D eigenvalue weighted by Crippen LogP contribution is -2.25. The van der Waals surface area contributed by atoms with Crippen LogP contribution in [-0.4, -0.2) is 16.3 Å². The summed E-state index contributed by atoms with van der Waals surface area (Å²) >= 11 is 0. The Morgan fingerprint density at radius 2 is 2.20 bits per heavy atom. The van der Waals surface area contributed by atoms with Crippen molar-refractivity contribution in [2.75, 3.05) is 6.54 Å². The lowest BCUT2D eigenvalue weighted by molar-refractivity contribution is 0.373. The Morgan fingerprint density at radius 3 is 2.95 bits per heavy atom. The highest BCUT2D eigenvalue weighted by Gasteiger charge is 2.30. The zero-order valence-electron chi connectivity index (χ0n) is 12.3. The van der Waals surface area contributed by atoms with E-state index < -0.39 is 0 Å². The van der Waals surface area contributed by atoms with Gasteiger partial charge in [0.15, 0.2) is 0 Å². The van der Waals surface area contributed by atoms with Gasteiger partial charge in [0.2, 0.25) is 0 Å². The van der Waals surface area contributed by atoms with E-state index in [9.17, 15) is 0 Å². The summed E-state index contributed by atoms with van der Waals surface area (Å²) < 4.78 is 1.89. The largest absolute Gasteiger partial charge is 0.310 e. The second-order valence-electron chi connectivity index (χ2n) is 5.76. The summed E-state index contributed by atoms with van der Waals surface area (Å²) in [7, 11) is 1.98. The van der Waals surface area contributed by atoms with Gasteiger partial charge in [-0.15, -0.1) is 0 Å². The molecule has 1 N–H and O–H groups in total. The Labute approximate surface area is 121 Å². The van der Waals surface area contributed by atoms with E-state index in [2.05, 4.69) is 47.8 Å². The van der Waals surface area contributed by atoms with E-state index in [0.717, 1.165) is 13.0 Å². The monoisotopic (exact) mass is 269 g/mol. The maximum atomic E-state index is 4.26. The summed E-state index contributed by atoms with van der Waals surface area (Å²) in [4.78, 5) is 0. The van der Waals surface area contributed by atoms with Crippen molar-refractivity contribution in [2.24, 2.45) is 13.0 Å². The van der Waals surface area contributed by atoms with Gasteiger partial charge in [-0.1, -0.05) is 31.2 Å². The van der Waals surface area contributed by atoms with Crippen LogP contribution in [0.3, 0.4) is 0 Å². The number of hydrogen-bond donors (Lipinski definition) is 1. The molecular weight excluding hydrogens is 246 g/mol. The summed E-state index contributed by atoms with van der Waals surface area (Å²) in [6.45, 7) is 3.22. The fourth-order valence-electron chi connectivity index (χ4n) is 3.40. The van der Waals surface area contributed by atoms with Gasteiger partial charge < -0.3 is 5.32 Å².